The minimum Gasteiger partial charge on any atom is -0.349 e. The van der Waals surface area contributed by atoms with Gasteiger partial charge in [0.15, 0.2) is 6.29 Å². The van der Waals surface area contributed by atoms with Crippen LogP contribution in [0.2, 0.25) is 0 Å². The molecule has 0 radical (unpaired) electrons. The highest BCUT2D eigenvalue weighted by Crippen LogP contribution is 2.36. The molecule has 1 N–H and O–H groups in total. The molecule has 2 aromatic carbocycles. The number of rotatable bonds is 4. The maximum atomic E-state index is 13.1. The number of hydrogen-bond acceptors (Lipinski definition) is 3. The molecule has 1 aliphatic heterocycles. The number of benzene rings is 2. The molecule has 172 valence electrons. The zero-order chi connectivity index (χ0) is 23.2. The molecule has 0 saturated carbocycles. The van der Waals surface area contributed by atoms with Crippen molar-refractivity contribution in [1.82, 2.24) is 5.32 Å². The van der Waals surface area contributed by atoms with Crippen molar-refractivity contribution < 1.29 is 40.2 Å². The second kappa shape index (κ2) is 10.4. The van der Waals surface area contributed by atoms with Crippen LogP contribution in [0.1, 0.15) is 42.1 Å². The van der Waals surface area contributed by atoms with Crippen LogP contribution in [0.4, 0.5) is 30.7 Å². The van der Waals surface area contributed by atoms with Crippen molar-refractivity contribution in [1.29, 1.82) is 0 Å². The van der Waals surface area contributed by atoms with E-state index < -0.39 is 48.2 Å². The lowest BCUT2D eigenvalue weighted by Gasteiger charge is -2.33. The Kier molecular flexibility index (Phi) is 8.44. The first kappa shape index (κ1) is 25.1. The first-order chi connectivity index (χ1) is 14.5. The third-order valence-electron chi connectivity index (χ3n) is 4.31. The third kappa shape index (κ3) is 6.91. The predicted octanol–water partition coefficient (Wildman–Crippen LogP) is 6.09. The summed E-state index contributed by atoms with van der Waals surface area (Å²) in [4.78, 5) is 0. The largest absolute Gasteiger partial charge is 0.416 e. The molecular weight excluding hydrogens is 431 g/mol. The van der Waals surface area contributed by atoms with Gasteiger partial charge in [-0.1, -0.05) is 26.0 Å². The van der Waals surface area contributed by atoms with Crippen molar-refractivity contribution in [2.24, 2.45) is 0 Å². The molecule has 1 fully saturated rings. The van der Waals surface area contributed by atoms with Gasteiger partial charge in [0, 0.05) is 6.54 Å². The van der Waals surface area contributed by atoms with Gasteiger partial charge in [-0.3, -0.25) is 0 Å². The number of hydrogen-bond donors (Lipinski definition) is 1. The van der Waals surface area contributed by atoms with Gasteiger partial charge in [-0.05, 0) is 41.5 Å². The number of halogens is 7. The van der Waals surface area contributed by atoms with Crippen LogP contribution in [-0.2, 0) is 28.4 Å². The molecule has 0 amide bonds. The van der Waals surface area contributed by atoms with E-state index in [9.17, 15) is 30.7 Å². The van der Waals surface area contributed by atoms with E-state index in [1.165, 1.54) is 24.3 Å². The molecule has 3 rings (SSSR count). The minimum atomic E-state index is -4.93. The SMILES string of the molecule is CC.Fc1ccc([C@@H]2NCCO[C@@H]2OCc2cc(C(F)(F)F)cc(C(F)(F)F)c2)cc1. The molecule has 2 aromatic rings. The maximum absolute atomic E-state index is 13.1. The average Bonchev–Trinajstić information content (AvgIpc) is 2.73. The van der Waals surface area contributed by atoms with Crippen LogP contribution in [0.5, 0.6) is 0 Å². The van der Waals surface area contributed by atoms with E-state index in [0.29, 0.717) is 24.2 Å². The quantitative estimate of drug-likeness (QED) is 0.568. The van der Waals surface area contributed by atoms with Gasteiger partial charge in [0.2, 0.25) is 0 Å². The van der Waals surface area contributed by atoms with Crippen LogP contribution in [-0.4, -0.2) is 19.4 Å². The lowest BCUT2D eigenvalue weighted by molar-refractivity contribution is -0.184. The van der Waals surface area contributed by atoms with Gasteiger partial charge < -0.3 is 14.8 Å². The Morgan fingerprint density at radius 1 is 0.935 bits per heavy atom. The van der Waals surface area contributed by atoms with E-state index >= 15 is 0 Å². The van der Waals surface area contributed by atoms with Crippen LogP contribution < -0.4 is 5.32 Å². The Labute approximate surface area is 175 Å². The maximum Gasteiger partial charge on any atom is 0.416 e. The fraction of sp³-hybridized carbons (Fsp3) is 0.429. The number of alkyl halides is 6. The second-order valence-electron chi connectivity index (χ2n) is 6.45. The van der Waals surface area contributed by atoms with Crippen molar-refractivity contribution in [2.75, 3.05) is 13.2 Å². The van der Waals surface area contributed by atoms with Crippen molar-refractivity contribution in [2.45, 2.75) is 45.1 Å². The van der Waals surface area contributed by atoms with Gasteiger partial charge in [0.05, 0.1) is 30.4 Å². The predicted molar refractivity (Wildman–Crippen MR) is 99.5 cm³/mol. The summed E-state index contributed by atoms with van der Waals surface area (Å²) in [6.45, 7) is 4.15. The van der Waals surface area contributed by atoms with Gasteiger partial charge in [-0.2, -0.15) is 26.3 Å². The molecule has 0 unspecified atom stereocenters. The summed E-state index contributed by atoms with van der Waals surface area (Å²) in [5, 5.41) is 3.08. The van der Waals surface area contributed by atoms with E-state index in [-0.39, 0.29) is 18.2 Å². The average molecular weight is 453 g/mol. The Morgan fingerprint density at radius 2 is 1.48 bits per heavy atom. The lowest BCUT2D eigenvalue weighted by Crippen LogP contribution is -2.43. The van der Waals surface area contributed by atoms with E-state index in [1.807, 2.05) is 13.8 Å². The molecule has 31 heavy (non-hydrogen) atoms. The number of nitrogens with one attached hydrogen (secondary N) is 1. The van der Waals surface area contributed by atoms with Crippen LogP contribution >= 0.6 is 0 Å². The smallest absolute Gasteiger partial charge is 0.349 e. The minimum absolute atomic E-state index is 0.0590. The van der Waals surface area contributed by atoms with Crippen LogP contribution in [0.15, 0.2) is 42.5 Å². The van der Waals surface area contributed by atoms with Crippen molar-refractivity contribution in [3.8, 4) is 0 Å². The Bertz CT molecular complexity index is 803. The standard InChI is InChI=1S/C19H16F7NO2.C2H6/c20-15-3-1-12(2-4-15)16-17(28-6-5-27-16)29-10-11-7-13(18(21,22)23)9-14(8-11)19(24,25)26;1-2/h1-4,7-9,16-17,27H,5-6,10H2;1-2H3/t16-,17+;/m0./s1. The highest BCUT2D eigenvalue weighted by atomic mass is 19.4. The summed E-state index contributed by atoms with van der Waals surface area (Å²) >= 11 is 0. The Balaban J connectivity index is 0.00000166. The molecule has 2 atom stereocenters. The highest BCUT2D eigenvalue weighted by molar-refractivity contribution is 5.33. The van der Waals surface area contributed by atoms with Crippen molar-refractivity contribution in [3.63, 3.8) is 0 Å². The molecule has 0 aromatic heterocycles. The summed E-state index contributed by atoms with van der Waals surface area (Å²) in [6.07, 6.45) is -10.8. The number of morpholine rings is 1. The van der Waals surface area contributed by atoms with Crippen LogP contribution in [0, 0.1) is 5.82 Å². The van der Waals surface area contributed by atoms with E-state index in [2.05, 4.69) is 5.32 Å². The van der Waals surface area contributed by atoms with E-state index in [1.54, 1.807) is 0 Å². The molecule has 1 aliphatic rings. The van der Waals surface area contributed by atoms with Crippen molar-refractivity contribution >= 4 is 0 Å². The molecule has 10 heteroatoms. The molecule has 0 spiro atoms. The second-order valence-corrected chi connectivity index (χ2v) is 6.45. The van der Waals surface area contributed by atoms with Gasteiger partial charge in [0.25, 0.3) is 0 Å². The van der Waals surface area contributed by atoms with Crippen molar-refractivity contribution in [3.05, 3.63) is 70.5 Å². The fourth-order valence-electron chi connectivity index (χ4n) is 2.95. The van der Waals surface area contributed by atoms with Gasteiger partial charge in [0.1, 0.15) is 5.82 Å². The Morgan fingerprint density at radius 3 is 2.00 bits per heavy atom. The summed E-state index contributed by atoms with van der Waals surface area (Å²) in [7, 11) is 0. The van der Waals surface area contributed by atoms with E-state index in [4.69, 9.17) is 9.47 Å². The third-order valence-corrected chi connectivity index (χ3v) is 4.31. The summed E-state index contributed by atoms with van der Waals surface area (Å²) in [6, 6.07) is 6.15. The van der Waals surface area contributed by atoms with Crippen LogP contribution in [0.3, 0.4) is 0 Å². The lowest BCUT2D eigenvalue weighted by atomic mass is 10.0. The first-order valence-corrected chi connectivity index (χ1v) is 9.54. The topological polar surface area (TPSA) is 30.5 Å². The molecule has 3 nitrogen and oxygen atoms in total. The monoisotopic (exact) mass is 453 g/mol. The Hall–Kier alpha value is -2.17. The first-order valence-electron chi connectivity index (χ1n) is 9.54. The van der Waals surface area contributed by atoms with Gasteiger partial charge in [-0.25, -0.2) is 4.39 Å². The summed E-state index contributed by atoms with van der Waals surface area (Å²) in [5.74, 6) is -0.452. The normalized spacial score (nSPS) is 19.5. The van der Waals surface area contributed by atoms with Gasteiger partial charge >= 0.3 is 12.4 Å². The summed E-state index contributed by atoms with van der Waals surface area (Å²) in [5.41, 5.74) is -2.51. The van der Waals surface area contributed by atoms with Gasteiger partial charge in [-0.15, -0.1) is 0 Å². The number of ether oxygens (including phenoxy) is 2. The summed E-state index contributed by atoms with van der Waals surface area (Å²) < 4.78 is 102. The molecular formula is C21H22F7NO2. The molecule has 0 aliphatic carbocycles. The molecule has 1 heterocycles. The molecule has 0 bridgehead atoms. The zero-order valence-corrected chi connectivity index (χ0v) is 16.8. The fourth-order valence-corrected chi connectivity index (χ4v) is 2.95. The van der Waals surface area contributed by atoms with E-state index in [0.717, 1.165) is 0 Å². The molecule has 1 saturated heterocycles. The van der Waals surface area contributed by atoms with Crippen LogP contribution in [0.25, 0.3) is 0 Å². The zero-order valence-electron chi connectivity index (χ0n) is 16.8. The highest BCUT2D eigenvalue weighted by Gasteiger charge is 2.37.